The molecule has 3 aromatic rings. The first-order valence-corrected chi connectivity index (χ1v) is 19.4. The topological polar surface area (TPSA) is 167 Å². The smallest absolute Gasteiger partial charge is 0.262 e. The number of hydrogen-bond acceptors (Lipinski definition) is 10. The summed E-state index contributed by atoms with van der Waals surface area (Å²) in [5.74, 6) is -2.11. The van der Waals surface area contributed by atoms with Gasteiger partial charge in [0.15, 0.2) is 0 Å². The van der Waals surface area contributed by atoms with Crippen LogP contribution in [0.2, 0.25) is 5.02 Å². The van der Waals surface area contributed by atoms with Crippen LogP contribution < -0.4 is 31.1 Å². The zero-order valence-corrected chi connectivity index (χ0v) is 31.5. The van der Waals surface area contributed by atoms with Gasteiger partial charge in [-0.1, -0.05) is 11.6 Å². The van der Waals surface area contributed by atoms with Crippen molar-refractivity contribution in [3.05, 3.63) is 87.9 Å². The minimum absolute atomic E-state index is 0.0482. The third-order valence-electron chi connectivity index (χ3n) is 11.4. The van der Waals surface area contributed by atoms with Crippen molar-refractivity contribution < 1.29 is 24.0 Å². The van der Waals surface area contributed by atoms with Crippen molar-refractivity contribution >= 4 is 58.2 Å². The highest BCUT2D eigenvalue weighted by Crippen LogP contribution is 2.31. The second kappa shape index (κ2) is 16.5. The minimum Gasteiger partial charge on any atom is -0.384 e. The van der Waals surface area contributed by atoms with Crippen LogP contribution in [0, 0.1) is 11.3 Å². The molecular formula is C41H45ClN8O5. The number of benzene rings is 3. The van der Waals surface area contributed by atoms with Crippen LogP contribution >= 0.6 is 11.6 Å². The quantitative estimate of drug-likeness (QED) is 0.162. The Balaban J connectivity index is 0.808. The van der Waals surface area contributed by atoms with Gasteiger partial charge >= 0.3 is 0 Å². The van der Waals surface area contributed by atoms with Crippen LogP contribution in [0.25, 0.3) is 0 Å². The number of imide groups is 2. The van der Waals surface area contributed by atoms with E-state index in [9.17, 15) is 24.0 Å². The van der Waals surface area contributed by atoms with Crippen LogP contribution in [-0.4, -0.2) is 91.8 Å². The molecule has 1 saturated carbocycles. The van der Waals surface area contributed by atoms with Crippen LogP contribution in [0.4, 0.5) is 17.1 Å². The average Bonchev–Trinajstić information content (AvgIpc) is 3.44. The molecule has 3 heterocycles. The summed E-state index contributed by atoms with van der Waals surface area (Å²) in [5.41, 5.74) is 4.44. The normalized spacial score (nSPS) is 21.5. The summed E-state index contributed by atoms with van der Waals surface area (Å²) in [4.78, 5) is 68.6. The second-order valence-corrected chi connectivity index (χ2v) is 15.2. The Morgan fingerprint density at radius 2 is 1.60 bits per heavy atom. The maximum atomic E-state index is 13.1. The van der Waals surface area contributed by atoms with Gasteiger partial charge in [-0.2, -0.15) is 5.26 Å². The first-order chi connectivity index (χ1) is 26.6. The van der Waals surface area contributed by atoms with Crippen molar-refractivity contribution in [1.29, 1.82) is 5.26 Å². The summed E-state index contributed by atoms with van der Waals surface area (Å²) in [6, 6.07) is 20.4. The number of halogens is 1. The maximum absolute atomic E-state index is 13.1. The van der Waals surface area contributed by atoms with E-state index in [1.165, 1.54) is 0 Å². The van der Waals surface area contributed by atoms with Crippen LogP contribution in [0.1, 0.15) is 88.0 Å². The molecule has 7 rings (SSSR count). The monoisotopic (exact) mass is 764 g/mol. The van der Waals surface area contributed by atoms with Gasteiger partial charge < -0.3 is 25.8 Å². The predicted octanol–water partition coefficient (Wildman–Crippen LogP) is 4.46. The molecular weight excluding hydrogens is 720 g/mol. The molecule has 1 unspecified atom stereocenters. The first kappa shape index (κ1) is 37.8. The Labute approximate surface area is 325 Å². The number of carbonyl (C=O) groups excluding carboxylic acids is 5. The zero-order chi connectivity index (χ0) is 38.6. The highest BCUT2D eigenvalue weighted by molar-refractivity contribution is 6.32. The van der Waals surface area contributed by atoms with Crippen molar-refractivity contribution in [1.82, 2.24) is 20.9 Å². The Kier molecular flexibility index (Phi) is 11.4. The molecule has 3 fully saturated rings. The number of nitrogens with one attached hydrogen (secondary N) is 4. The molecule has 286 valence electrons. The fraction of sp³-hybridized carbons (Fsp3) is 0.415. The summed E-state index contributed by atoms with van der Waals surface area (Å²) in [7, 11) is 2.05. The molecule has 0 spiro atoms. The third kappa shape index (κ3) is 8.30. The second-order valence-electron chi connectivity index (χ2n) is 14.8. The minimum atomic E-state index is -0.984. The van der Waals surface area contributed by atoms with Gasteiger partial charge in [-0.15, -0.1) is 0 Å². The lowest BCUT2D eigenvalue weighted by molar-refractivity contribution is -0.136. The van der Waals surface area contributed by atoms with Crippen LogP contribution in [0.5, 0.6) is 0 Å². The summed E-state index contributed by atoms with van der Waals surface area (Å²) < 4.78 is 0. The Morgan fingerprint density at radius 1 is 0.873 bits per heavy atom. The summed E-state index contributed by atoms with van der Waals surface area (Å²) in [6.07, 6.45) is 5.85. The van der Waals surface area contributed by atoms with E-state index in [1.54, 1.807) is 24.3 Å². The van der Waals surface area contributed by atoms with Gasteiger partial charge in [0.2, 0.25) is 11.8 Å². The van der Waals surface area contributed by atoms with E-state index in [1.807, 2.05) is 36.4 Å². The maximum Gasteiger partial charge on any atom is 0.262 e. The number of fused-ring (bicyclic) bond motifs is 1. The van der Waals surface area contributed by atoms with E-state index in [0.29, 0.717) is 47.0 Å². The van der Waals surface area contributed by atoms with Gasteiger partial charge in [0.25, 0.3) is 17.7 Å². The molecule has 4 aliphatic rings. The zero-order valence-electron chi connectivity index (χ0n) is 30.8. The fourth-order valence-corrected chi connectivity index (χ4v) is 8.35. The van der Waals surface area contributed by atoms with Crippen molar-refractivity contribution in [3.63, 3.8) is 0 Å². The number of piperidine rings is 2. The highest BCUT2D eigenvalue weighted by Gasteiger charge is 2.44. The molecule has 3 aromatic carbocycles. The van der Waals surface area contributed by atoms with E-state index in [4.69, 9.17) is 16.9 Å². The molecule has 2 saturated heterocycles. The van der Waals surface area contributed by atoms with Crippen molar-refractivity contribution in [2.24, 2.45) is 0 Å². The van der Waals surface area contributed by atoms with E-state index in [-0.39, 0.29) is 35.9 Å². The molecule has 0 bridgehead atoms. The molecule has 13 nitrogen and oxygen atoms in total. The van der Waals surface area contributed by atoms with E-state index >= 15 is 0 Å². The molecule has 55 heavy (non-hydrogen) atoms. The Hall–Kier alpha value is -5.45. The number of rotatable bonds is 11. The van der Waals surface area contributed by atoms with Crippen LogP contribution in [-0.2, 0) is 9.59 Å². The first-order valence-electron chi connectivity index (χ1n) is 19.0. The van der Waals surface area contributed by atoms with Gasteiger partial charge in [0.1, 0.15) is 12.1 Å². The molecule has 0 radical (unpaired) electrons. The largest absolute Gasteiger partial charge is 0.384 e. The third-order valence-corrected chi connectivity index (χ3v) is 11.7. The van der Waals surface area contributed by atoms with E-state index in [0.717, 1.165) is 67.9 Å². The summed E-state index contributed by atoms with van der Waals surface area (Å²) in [6.45, 7) is 3.13. The fourth-order valence-electron chi connectivity index (χ4n) is 8.13. The number of nitriles is 1. The number of nitrogens with zero attached hydrogens (tertiary/aromatic N) is 4. The lowest BCUT2D eigenvalue weighted by Crippen LogP contribution is -2.54. The van der Waals surface area contributed by atoms with Gasteiger partial charge in [-0.3, -0.25) is 34.2 Å². The van der Waals surface area contributed by atoms with Gasteiger partial charge in [0, 0.05) is 80.4 Å². The molecule has 14 heteroatoms. The summed E-state index contributed by atoms with van der Waals surface area (Å²) in [5, 5.41) is 22.0. The van der Waals surface area contributed by atoms with Crippen LogP contribution in [0.3, 0.4) is 0 Å². The Morgan fingerprint density at radius 3 is 2.29 bits per heavy atom. The molecule has 5 amide bonds. The molecule has 3 aliphatic heterocycles. The van der Waals surface area contributed by atoms with Crippen molar-refractivity contribution in [2.75, 3.05) is 48.3 Å². The molecule has 1 aliphatic carbocycles. The average molecular weight is 765 g/mol. The standard InChI is InChI=1S/C41H45ClN8O5/c1-48(32-10-4-26(24-43)35(42)23-32)30-11-5-28(6-12-30)46-38(52)25-2-8-31(9-3-25)49-20-16-27(17-21-49)44-18-19-45-29-7-13-33-34(22-29)41(55)50(40(33)54)36-14-15-37(51)47-39(36)53/h2-4,7-10,13,22-23,27-28,30,36,44-45H,5-6,11-12,14-21H2,1H3,(H,46,52)(H,47,51,53). The molecule has 1 atom stereocenters. The van der Waals surface area contributed by atoms with Crippen molar-refractivity contribution in [3.8, 4) is 6.07 Å². The molecule has 4 N–H and O–H groups in total. The number of carbonyl (C=O) groups is 5. The van der Waals surface area contributed by atoms with Crippen LogP contribution in [0.15, 0.2) is 60.7 Å². The van der Waals surface area contributed by atoms with E-state index < -0.39 is 29.7 Å². The lowest BCUT2D eigenvalue weighted by atomic mass is 9.90. The Bertz CT molecular complexity index is 2020. The number of hydrogen-bond donors (Lipinski definition) is 4. The van der Waals surface area contributed by atoms with Gasteiger partial charge in [-0.25, -0.2) is 0 Å². The van der Waals surface area contributed by atoms with E-state index in [2.05, 4.69) is 44.2 Å². The highest BCUT2D eigenvalue weighted by atomic mass is 35.5. The van der Waals surface area contributed by atoms with Gasteiger partial charge in [-0.05, 0) is 106 Å². The summed E-state index contributed by atoms with van der Waals surface area (Å²) >= 11 is 6.26. The SMILES string of the molecule is CN(c1ccc(C#N)c(Cl)c1)C1CCC(NC(=O)c2ccc(N3CCC(NCCNc4ccc5c(c4)C(=O)N(C4CCC(=O)NC4=O)C5=O)CC3)cc2)CC1. The van der Waals surface area contributed by atoms with Gasteiger partial charge in [0.05, 0.1) is 21.7 Å². The van der Waals surface area contributed by atoms with Crippen molar-refractivity contribution in [2.45, 2.75) is 75.5 Å². The lowest BCUT2D eigenvalue weighted by Gasteiger charge is -2.36. The predicted molar refractivity (Wildman–Crippen MR) is 209 cm³/mol. The number of amides is 5. The number of anilines is 3. The molecule has 0 aromatic heterocycles.